The SMILES string of the molecule is CN(CC(O)c1ccccc1)c1cccc(C(=O)c2cc(Br)cnc2N)n1.[HH].[HH].[HH]. The maximum atomic E-state index is 12.8. The molecule has 1 aromatic carbocycles. The lowest BCUT2D eigenvalue weighted by molar-refractivity contribution is 0.103. The van der Waals surface area contributed by atoms with Crippen LogP contribution in [0.25, 0.3) is 0 Å². The first-order valence-electron chi connectivity index (χ1n) is 8.32. The third kappa shape index (κ3) is 4.50. The number of likely N-dealkylation sites (N-methyl/N-ethyl adjacent to an activating group) is 1. The molecule has 0 saturated carbocycles. The van der Waals surface area contributed by atoms with Crippen molar-refractivity contribution < 1.29 is 14.2 Å². The van der Waals surface area contributed by atoms with Gasteiger partial charge in [-0.25, -0.2) is 9.97 Å². The highest BCUT2D eigenvalue weighted by atomic mass is 79.9. The number of aliphatic hydroxyl groups excluding tert-OH is 1. The number of pyridine rings is 2. The Morgan fingerprint density at radius 1 is 1.26 bits per heavy atom. The predicted molar refractivity (Wildman–Crippen MR) is 115 cm³/mol. The fraction of sp³-hybridized carbons (Fsp3) is 0.150. The normalized spacial score (nSPS) is 11.8. The molecule has 0 aliphatic rings. The molecule has 0 spiro atoms. The van der Waals surface area contributed by atoms with Gasteiger partial charge >= 0.3 is 0 Å². The van der Waals surface area contributed by atoms with Crippen molar-refractivity contribution in [2.24, 2.45) is 0 Å². The largest absolute Gasteiger partial charge is 0.387 e. The fourth-order valence-corrected chi connectivity index (χ4v) is 3.00. The standard InChI is InChI=1S/C20H19BrN4O2.3H2/c1-25(12-17(26)13-6-3-2-4-7-13)18-9-5-8-16(24-18)19(27)15-10-14(21)11-23-20(15)22;;;/h2-11,17,26H,12H2,1H3,(H2,22,23);3*1H. The molecule has 2 heterocycles. The van der Waals surface area contributed by atoms with E-state index in [2.05, 4.69) is 25.9 Å². The van der Waals surface area contributed by atoms with E-state index in [1.165, 1.54) is 6.20 Å². The number of anilines is 2. The summed E-state index contributed by atoms with van der Waals surface area (Å²) in [6.45, 7) is 0.342. The van der Waals surface area contributed by atoms with Gasteiger partial charge in [0.15, 0.2) is 0 Å². The van der Waals surface area contributed by atoms with Crippen LogP contribution >= 0.6 is 15.9 Å². The second-order valence-electron chi connectivity index (χ2n) is 6.10. The lowest BCUT2D eigenvalue weighted by Crippen LogP contribution is -2.25. The van der Waals surface area contributed by atoms with Gasteiger partial charge in [0.05, 0.1) is 11.7 Å². The minimum atomic E-state index is -0.665. The molecule has 6 nitrogen and oxygen atoms in total. The van der Waals surface area contributed by atoms with Crippen molar-refractivity contribution in [3.63, 3.8) is 0 Å². The van der Waals surface area contributed by atoms with Crippen molar-refractivity contribution in [2.75, 3.05) is 24.2 Å². The molecule has 7 heteroatoms. The molecule has 1 atom stereocenters. The number of halogens is 1. The van der Waals surface area contributed by atoms with E-state index in [1.54, 1.807) is 29.2 Å². The van der Waals surface area contributed by atoms with E-state index in [-0.39, 0.29) is 21.6 Å². The van der Waals surface area contributed by atoms with E-state index in [0.29, 0.717) is 22.4 Å². The van der Waals surface area contributed by atoms with Crippen LogP contribution in [-0.4, -0.2) is 34.5 Å². The third-order valence-corrected chi connectivity index (χ3v) is 4.55. The lowest BCUT2D eigenvalue weighted by atomic mass is 10.1. The average Bonchev–Trinajstić information content (AvgIpc) is 2.70. The molecule has 3 rings (SSSR count). The highest BCUT2D eigenvalue weighted by Gasteiger charge is 2.17. The van der Waals surface area contributed by atoms with Crippen molar-refractivity contribution in [2.45, 2.75) is 6.10 Å². The molecule has 1 unspecified atom stereocenters. The number of rotatable bonds is 6. The number of carbonyl (C=O) groups excluding carboxylic acids is 1. The Labute approximate surface area is 170 Å². The summed E-state index contributed by atoms with van der Waals surface area (Å²) in [7, 11) is 1.82. The number of hydrogen-bond donors (Lipinski definition) is 2. The number of carbonyl (C=O) groups is 1. The van der Waals surface area contributed by atoms with Gasteiger partial charge < -0.3 is 15.7 Å². The van der Waals surface area contributed by atoms with E-state index in [4.69, 9.17) is 5.73 Å². The molecule has 0 fully saturated rings. The molecule has 0 saturated heterocycles. The molecule has 144 valence electrons. The van der Waals surface area contributed by atoms with Crippen LogP contribution in [0.15, 0.2) is 65.3 Å². The van der Waals surface area contributed by atoms with E-state index >= 15 is 0 Å². The molecule has 27 heavy (non-hydrogen) atoms. The van der Waals surface area contributed by atoms with Crippen molar-refractivity contribution in [1.82, 2.24) is 9.97 Å². The molecule has 0 aliphatic carbocycles. The van der Waals surface area contributed by atoms with Gasteiger partial charge in [-0.1, -0.05) is 36.4 Å². The first kappa shape index (κ1) is 19.0. The van der Waals surface area contributed by atoms with Crippen LogP contribution in [0, 0.1) is 0 Å². The summed E-state index contributed by atoms with van der Waals surface area (Å²) in [5.41, 5.74) is 7.21. The summed E-state index contributed by atoms with van der Waals surface area (Å²) in [5.74, 6) is 0.431. The Morgan fingerprint density at radius 3 is 2.74 bits per heavy atom. The topological polar surface area (TPSA) is 92.3 Å². The fourth-order valence-electron chi connectivity index (χ4n) is 2.67. The molecule has 0 amide bonds. The van der Waals surface area contributed by atoms with Crippen LogP contribution in [0.1, 0.15) is 32.0 Å². The number of nitrogen functional groups attached to an aromatic ring is 1. The average molecular weight is 433 g/mol. The van der Waals surface area contributed by atoms with E-state index < -0.39 is 6.10 Å². The van der Waals surface area contributed by atoms with Crippen molar-refractivity contribution in [3.8, 4) is 0 Å². The monoisotopic (exact) mass is 432 g/mol. The zero-order chi connectivity index (χ0) is 19.4. The highest BCUT2D eigenvalue weighted by Crippen LogP contribution is 2.21. The van der Waals surface area contributed by atoms with Crippen LogP contribution in [0.3, 0.4) is 0 Å². The summed E-state index contributed by atoms with van der Waals surface area (Å²) in [6.07, 6.45) is 0.872. The zero-order valence-corrected chi connectivity index (χ0v) is 16.3. The van der Waals surface area contributed by atoms with E-state index in [0.717, 1.165) is 5.56 Å². The van der Waals surface area contributed by atoms with Crippen molar-refractivity contribution in [1.29, 1.82) is 0 Å². The van der Waals surface area contributed by atoms with Gasteiger partial charge in [-0.05, 0) is 39.7 Å². The first-order chi connectivity index (χ1) is 13.0. The summed E-state index contributed by atoms with van der Waals surface area (Å²) in [5, 5.41) is 10.4. The van der Waals surface area contributed by atoms with Crippen molar-refractivity contribution >= 4 is 33.3 Å². The Kier molecular flexibility index (Phi) is 5.83. The maximum absolute atomic E-state index is 12.8. The zero-order valence-electron chi connectivity index (χ0n) is 14.7. The summed E-state index contributed by atoms with van der Waals surface area (Å²) in [6, 6.07) is 16.2. The summed E-state index contributed by atoms with van der Waals surface area (Å²) in [4.78, 5) is 23.0. The number of hydrogen-bond acceptors (Lipinski definition) is 6. The number of ketones is 1. The molecule has 0 aliphatic heterocycles. The lowest BCUT2D eigenvalue weighted by Gasteiger charge is -2.22. The number of benzene rings is 1. The molecule has 2 aromatic heterocycles. The molecule has 3 N–H and O–H groups in total. The number of nitrogens with two attached hydrogens (primary N) is 1. The molecule has 0 bridgehead atoms. The Bertz CT molecular complexity index is 964. The molecule has 3 aromatic rings. The highest BCUT2D eigenvalue weighted by molar-refractivity contribution is 9.10. The number of nitrogens with zero attached hydrogens (tertiary/aromatic N) is 3. The predicted octanol–water partition coefficient (Wildman–Crippen LogP) is 3.96. The van der Waals surface area contributed by atoms with Gasteiger partial charge in [0.1, 0.15) is 17.3 Å². The maximum Gasteiger partial charge on any atom is 0.215 e. The second kappa shape index (κ2) is 8.28. The van der Waals surface area contributed by atoms with E-state index in [1.807, 2.05) is 37.4 Å². The van der Waals surface area contributed by atoms with Crippen LogP contribution in [0.5, 0.6) is 0 Å². The van der Waals surface area contributed by atoms with E-state index in [9.17, 15) is 9.90 Å². The van der Waals surface area contributed by atoms with Gasteiger partial charge in [0.2, 0.25) is 5.78 Å². The van der Waals surface area contributed by atoms with Gasteiger partial charge in [-0.3, -0.25) is 4.79 Å². The van der Waals surface area contributed by atoms with Crippen LogP contribution in [-0.2, 0) is 0 Å². The Morgan fingerprint density at radius 2 is 2.00 bits per heavy atom. The van der Waals surface area contributed by atoms with Gasteiger partial charge in [0, 0.05) is 28.5 Å². The molecule has 0 radical (unpaired) electrons. The van der Waals surface area contributed by atoms with Crippen LogP contribution in [0.4, 0.5) is 11.6 Å². The smallest absolute Gasteiger partial charge is 0.215 e. The molecular weight excluding hydrogens is 408 g/mol. The van der Waals surface area contributed by atoms with Crippen LogP contribution in [0.2, 0.25) is 0 Å². The molecular formula is C20H25BrN4O2. The minimum absolute atomic E-state index is 0. The van der Waals surface area contributed by atoms with Gasteiger partial charge in [0.25, 0.3) is 0 Å². The Hall–Kier alpha value is -2.77. The summed E-state index contributed by atoms with van der Waals surface area (Å²) < 4.78 is 0.666. The Balaban J connectivity index is 0.00000280. The quantitative estimate of drug-likeness (QED) is 0.572. The van der Waals surface area contributed by atoms with Gasteiger partial charge in [-0.15, -0.1) is 0 Å². The van der Waals surface area contributed by atoms with Crippen molar-refractivity contribution in [3.05, 3.63) is 82.1 Å². The minimum Gasteiger partial charge on any atom is -0.387 e. The van der Waals surface area contributed by atoms with Crippen LogP contribution < -0.4 is 10.6 Å². The number of aliphatic hydroxyl groups is 1. The second-order valence-corrected chi connectivity index (χ2v) is 7.02. The first-order valence-corrected chi connectivity index (χ1v) is 9.12. The summed E-state index contributed by atoms with van der Waals surface area (Å²) >= 11 is 3.30. The third-order valence-electron chi connectivity index (χ3n) is 4.12. The number of aromatic nitrogens is 2. The van der Waals surface area contributed by atoms with Gasteiger partial charge in [-0.2, -0.15) is 0 Å².